The van der Waals surface area contributed by atoms with Crippen molar-refractivity contribution in [3.63, 3.8) is 0 Å². The Morgan fingerprint density at radius 1 is 1.00 bits per heavy atom. The van der Waals surface area contributed by atoms with Crippen molar-refractivity contribution in [3.05, 3.63) is 34.6 Å². The third-order valence-corrected chi connectivity index (χ3v) is 5.80. The SMILES string of the molecule is Cc1cc(O)cc(C)c1C1=C(O)[C@H]2[C@H]3CC[C@H](C3)[C@H]2C1=O. The number of hydrogen-bond donors (Lipinski definition) is 2. The van der Waals surface area contributed by atoms with Crippen LogP contribution in [-0.2, 0) is 4.79 Å². The van der Waals surface area contributed by atoms with Gasteiger partial charge in [-0.2, -0.15) is 0 Å². The van der Waals surface area contributed by atoms with E-state index in [-0.39, 0.29) is 23.4 Å². The van der Waals surface area contributed by atoms with Gasteiger partial charge in [-0.3, -0.25) is 4.79 Å². The summed E-state index contributed by atoms with van der Waals surface area (Å²) in [6, 6.07) is 3.33. The van der Waals surface area contributed by atoms with Crippen molar-refractivity contribution in [2.45, 2.75) is 33.1 Å². The van der Waals surface area contributed by atoms with Crippen LogP contribution >= 0.6 is 0 Å². The van der Waals surface area contributed by atoms with Crippen LogP contribution in [0.4, 0.5) is 0 Å². The van der Waals surface area contributed by atoms with E-state index in [0.29, 0.717) is 23.2 Å². The third-order valence-electron chi connectivity index (χ3n) is 5.80. The summed E-state index contributed by atoms with van der Waals surface area (Å²) in [5.74, 6) is 1.66. The van der Waals surface area contributed by atoms with Crippen molar-refractivity contribution in [3.8, 4) is 5.75 Å². The maximum Gasteiger partial charge on any atom is 0.170 e. The van der Waals surface area contributed by atoms with Gasteiger partial charge in [-0.25, -0.2) is 0 Å². The molecule has 0 aliphatic heterocycles. The van der Waals surface area contributed by atoms with E-state index in [1.165, 1.54) is 0 Å². The molecule has 2 fully saturated rings. The molecule has 0 aromatic heterocycles. The number of aliphatic hydroxyl groups excluding tert-OH is 1. The monoisotopic (exact) mass is 284 g/mol. The summed E-state index contributed by atoms with van der Waals surface area (Å²) in [6.07, 6.45) is 3.38. The van der Waals surface area contributed by atoms with Crippen molar-refractivity contribution < 1.29 is 15.0 Å². The highest BCUT2D eigenvalue weighted by Crippen LogP contribution is 2.60. The standard InChI is InChI=1S/C18H20O3/c1-8-5-12(19)6-9(2)13(8)16-17(20)14-10-3-4-11(7-10)15(14)18(16)21/h5-6,10-11,14-15,19-20H,3-4,7H2,1-2H3/t10-,11+,14-,15+/m0/s1. The Morgan fingerprint density at radius 2 is 1.57 bits per heavy atom. The molecule has 3 aliphatic rings. The molecule has 4 rings (SSSR count). The normalized spacial score (nSPS) is 33.9. The van der Waals surface area contributed by atoms with Gasteiger partial charge < -0.3 is 10.2 Å². The van der Waals surface area contributed by atoms with Gasteiger partial charge in [0.15, 0.2) is 5.78 Å². The van der Waals surface area contributed by atoms with Gasteiger partial charge in [0.2, 0.25) is 0 Å². The van der Waals surface area contributed by atoms with Gasteiger partial charge in [-0.1, -0.05) is 0 Å². The topological polar surface area (TPSA) is 57.5 Å². The number of aryl methyl sites for hydroxylation is 2. The molecule has 0 heterocycles. The van der Waals surface area contributed by atoms with Crippen molar-refractivity contribution in [2.75, 3.05) is 0 Å². The maximum absolute atomic E-state index is 12.9. The number of phenolic OH excluding ortho intramolecular Hbond substituents is 1. The number of hydrogen-bond acceptors (Lipinski definition) is 3. The lowest BCUT2D eigenvalue weighted by Crippen LogP contribution is -2.24. The zero-order valence-electron chi connectivity index (χ0n) is 12.4. The molecule has 0 saturated heterocycles. The Hall–Kier alpha value is -1.77. The summed E-state index contributed by atoms with van der Waals surface area (Å²) >= 11 is 0. The van der Waals surface area contributed by atoms with Gasteiger partial charge in [0, 0.05) is 11.8 Å². The van der Waals surface area contributed by atoms with Crippen LogP contribution in [0.15, 0.2) is 17.9 Å². The minimum absolute atomic E-state index is 0.00588. The predicted molar refractivity (Wildman–Crippen MR) is 79.9 cm³/mol. The van der Waals surface area contributed by atoms with E-state index in [4.69, 9.17) is 0 Å². The highest BCUT2D eigenvalue weighted by Gasteiger charge is 2.57. The zero-order chi connectivity index (χ0) is 14.9. The molecule has 0 unspecified atom stereocenters. The minimum atomic E-state index is 0.00588. The van der Waals surface area contributed by atoms with E-state index in [9.17, 15) is 15.0 Å². The quantitative estimate of drug-likeness (QED) is 0.829. The summed E-state index contributed by atoms with van der Waals surface area (Å²) in [5, 5.41) is 20.4. The first-order valence-corrected chi connectivity index (χ1v) is 7.77. The minimum Gasteiger partial charge on any atom is -0.511 e. The van der Waals surface area contributed by atoms with Gasteiger partial charge >= 0.3 is 0 Å². The molecule has 2 N–H and O–H groups in total. The number of Topliss-reactive ketones (excluding diaryl/α,β-unsaturated/α-hetero) is 1. The number of allylic oxidation sites excluding steroid dienone is 2. The molecular weight excluding hydrogens is 264 g/mol. The number of aliphatic hydroxyl groups is 1. The number of fused-ring (bicyclic) bond motifs is 5. The second kappa shape index (κ2) is 4.12. The summed E-state index contributed by atoms with van der Waals surface area (Å²) < 4.78 is 0. The summed E-state index contributed by atoms with van der Waals surface area (Å²) in [5.41, 5.74) is 3.06. The van der Waals surface area contributed by atoms with Crippen LogP contribution in [0.25, 0.3) is 5.57 Å². The van der Waals surface area contributed by atoms with E-state index in [2.05, 4.69) is 0 Å². The average Bonchev–Trinajstić information content (AvgIpc) is 3.06. The van der Waals surface area contributed by atoms with Crippen molar-refractivity contribution in [1.29, 1.82) is 0 Å². The molecule has 2 saturated carbocycles. The van der Waals surface area contributed by atoms with Gasteiger partial charge in [0.25, 0.3) is 0 Å². The van der Waals surface area contributed by atoms with Gasteiger partial charge in [0.05, 0.1) is 5.57 Å². The molecule has 0 spiro atoms. The molecule has 1 aromatic rings. The Morgan fingerprint density at radius 3 is 2.14 bits per heavy atom. The first-order valence-electron chi connectivity index (χ1n) is 7.77. The van der Waals surface area contributed by atoms with Crippen LogP contribution in [0.5, 0.6) is 5.75 Å². The summed E-state index contributed by atoms with van der Waals surface area (Å²) in [6.45, 7) is 3.77. The fraction of sp³-hybridized carbons (Fsp3) is 0.500. The fourth-order valence-electron chi connectivity index (χ4n) is 5.11. The number of aromatic hydroxyl groups is 1. The number of carbonyl (C=O) groups is 1. The van der Waals surface area contributed by atoms with E-state index in [0.717, 1.165) is 36.0 Å². The molecule has 1 aromatic carbocycles. The molecule has 3 aliphatic carbocycles. The number of phenols is 1. The summed E-state index contributed by atoms with van der Waals surface area (Å²) in [4.78, 5) is 12.9. The largest absolute Gasteiger partial charge is 0.511 e. The molecule has 0 radical (unpaired) electrons. The van der Waals surface area contributed by atoms with Crippen molar-refractivity contribution in [1.82, 2.24) is 0 Å². The highest BCUT2D eigenvalue weighted by atomic mass is 16.3. The fourth-order valence-corrected chi connectivity index (χ4v) is 5.11. The van der Waals surface area contributed by atoms with E-state index < -0.39 is 0 Å². The molecule has 3 nitrogen and oxygen atoms in total. The smallest absolute Gasteiger partial charge is 0.170 e. The Balaban J connectivity index is 1.88. The number of rotatable bonds is 1. The molecule has 2 bridgehead atoms. The van der Waals surface area contributed by atoms with Crippen LogP contribution in [-0.4, -0.2) is 16.0 Å². The Kier molecular flexibility index (Phi) is 2.54. The lowest BCUT2D eigenvalue weighted by atomic mass is 9.80. The van der Waals surface area contributed by atoms with Crippen molar-refractivity contribution in [2.24, 2.45) is 23.7 Å². The van der Waals surface area contributed by atoms with Crippen LogP contribution in [0.3, 0.4) is 0 Å². The van der Waals surface area contributed by atoms with Crippen molar-refractivity contribution >= 4 is 11.4 Å². The van der Waals surface area contributed by atoms with Gasteiger partial charge in [-0.15, -0.1) is 0 Å². The lowest BCUT2D eigenvalue weighted by Gasteiger charge is -2.23. The molecule has 21 heavy (non-hydrogen) atoms. The third kappa shape index (κ3) is 1.57. The van der Waals surface area contributed by atoms with Gasteiger partial charge in [0.1, 0.15) is 11.5 Å². The van der Waals surface area contributed by atoms with Crippen LogP contribution in [0.2, 0.25) is 0 Å². The second-order valence-corrected chi connectivity index (χ2v) is 6.96. The zero-order valence-corrected chi connectivity index (χ0v) is 12.4. The molecule has 4 atom stereocenters. The predicted octanol–water partition coefficient (Wildman–Crippen LogP) is 3.52. The Bertz CT molecular complexity index is 663. The van der Waals surface area contributed by atoms with Crippen LogP contribution < -0.4 is 0 Å². The average molecular weight is 284 g/mol. The maximum atomic E-state index is 12.9. The van der Waals surface area contributed by atoms with E-state index >= 15 is 0 Å². The van der Waals surface area contributed by atoms with Crippen LogP contribution in [0.1, 0.15) is 36.0 Å². The second-order valence-electron chi connectivity index (χ2n) is 6.96. The first-order chi connectivity index (χ1) is 9.99. The first kappa shape index (κ1) is 12.9. The number of ketones is 1. The molecule has 3 heteroatoms. The molecule has 110 valence electrons. The van der Waals surface area contributed by atoms with Gasteiger partial charge in [-0.05, 0) is 73.8 Å². The van der Waals surface area contributed by atoms with E-state index in [1.807, 2.05) is 13.8 Å². The molecule has 0 amide bonds. The summed E-state index contributed by atoms with van der Waals surface area (Å²) in [7, 11) is 0. The number of benzene rings is 1. The highest BCUT2D eigenvalue weighted by molar-refractivity contribution is 6.25. The van der Waals surface area contributed by atoms with Crippen LogP contribution in [0, 0.1) is 37.5 Å². The lowest BCUT2D eigenvalue weighted by molar-refractivity contribution is -0.118. The molecular formula is C18H20O3. The Labute approximate surface area is 124 Å². The number of carbonyl (C=O) groups excluding carboxylic acids is 1. The van der Waals surface area contributed by atoms with E-state index in [1.54, 1.807) is 12.1 Å².